The lowest BCUT2D eigenvalue weighted by Crippen LogP contribution is -2.15. The van der Waals surface area contributed by atoms with E-state index in [0.29, 0.717) is 33.8 Å². The number of hydrogen-bond acceptors (Lipinski definition) is 6. The van der Waals surface area contributed by atoms with Gasteiger partial charge in [-0.2, -0.15) is 5.26 Å². The number of halogens is 1. The zero-order valence-electron chi connectivity index (χ0n) is 14.9. The third-order valence-electron chi connectivity index (χ3n) is 3.78. The van der Waals surface area contributed by atoms with Crippen molar-refractivity contribution in [3.05, 3.63) is 69.5 Å². The average molecular weight is 414 g/mol. The van der Waals surface area contributed by atoms with Gasteiger partial charge in [0.15, 0.2) is 5.16 Å². The van der Waals surface area contributed by atoms with Gasteiger partial charge >= 0.3 is 0 Å². The number of nitrogens with one attached hydrogen (secondary N) is 1. The summed E-state index contributed by atoms with van der Waals surface area (Å²) in [5.41, 5.74) is 0.493. The molecule has 1 heterocycles. The Morgan fingerprint density at radius 2 is 1.82 bits per heavy atom. The number of aromatic amines is 1. The van der Waals surface area contributed by atoms with Crippen molar-refractivity contribution in [1.82, 2.24) is 9.97 Å². The van der Waals surface area contributed by atoms with Gasteiger partial charge in [0.2, 0.25) is 0 Å². The summed E-state index contributed by atoms with van der Waals surface area (Å²) in [5, 5.41) is 10.3. The lowest BCUT2D eigenvalue weighted by Gasteiger charge is -2.08. The smallest absolute Gasteiger partial charge is 0.270 e. The minimum atomic E-state index is -0.471. The molecule has 0 aliphatic rings. The quantitative estimate of drug-likeness (QED) is 0.356. The molecule has 0 saturated heterocycles. The van der Waals surface area contributed by atoms with E-state index >= 15 is 0 Å². The van der Waals surface area contributed by atoms with Gasteiger partial charge in [-0.3, -0.25) is 4.79 Å². The normalized spacial score (nSPS) is 10.3. The maximum absolute atomic E-state index is 12.2. The molecule has 0 unspecified atom stereocenters. The fraction of sp³-hybridized carbons (Fsp3) is 0.150. The van der Waals surface area contributed by atoms with Crippen LogP contribution in [0.4, 0.5) is 0 Å². The van der Waals surface area contributed by atoms with Crippen molar-refractivity contribution < 1.29 is 9.47 Å². The highest BCUT2D eigenvalue weighted by atomic mass is 35.5. The number of methoxy groups -OCH3 is 1. The number of hydrogen-bond donors (Lipinski definition) is 1. The summed E-state index contributed by atoms with van der Waals surface area (Å²) in [6.45, 7) is 0.428. The van der Waals surface area contributed by atoms with E-state index in [1.165, 1.54) is 11.8 Å². The molecule has 2 aromatic carbocycles. The minimum Gasteiger partial charge on any atom is -0.497 e. The van der Waals surface area contributed by atoms with Gasteiger partial charge in [0.1, 0.15) is 23.1 Å². The first kappa shape index (κ1) is 19.8. The third kappa shape index (κ3) is 4.85. The first-order valence-electron chi connectivity index (χ1n) is 8.30. The van der Waals surface area contributed by atoms with Gasteiger partial charge in [-0.15, -0.1) is 0 Å². The van der Waals surface area contributed by atoms with E-state index in [2.05, 4.69) is 9.97 Å². The van der Waals surface area contributed by atoms with E-state index in [-0.39, 0.29) is 5.56 Å². The molecule has 1 aromatic heterocycles. The number of ether oxygens (including phenoxy) is 2. The molecule has 0 radical (unpaired) electrons. The van der Waals surface area contributed by atoms with Crippen LogP contribution in [-0.4, -0.2) is 29.4 Å². The Bertz CT molecular complexity index is 1040. The second kappa shape index (κ2) is 9.31. The van der Waals surface area contributed by atoms with Gasteiger partial charge in [-0.05, 0) is 36.4 Å². The van der Waals surface area contributed by atoms with Gasteiger partial charge in [-0.25, -0.2) is 4.98 Å². The van der Waals surface area contributed by atoms with Crippen LogP contribution in [0.5, 0.6) is 11.5 Å². The zero-order chi connectivity index (χ0) is 19.9. The summed E-state index contributed by atoms with van der Waals surface area (Å²) in [7, 11) is 1.61. The topological polar surface area (TPSA) is 88.0 Å². The van der Waals surface area contributed by atoms with Crippen LogP contribution in [0, 0.1) is 11.3 Å². The van der Waals surface area contributed by atoms with Crippen LogP contribution in [0.1, 0.15) is 5.56 Å². The van der Waals surface area contributed by atoms with Gasteiger partial charge in [-0.1, -0.05) is 35.5 Å². The van der Waals surface area contributed by atoms with Crippen molar-refractivity contribution in [1.29, 1.82) is 5.26 Å². The van der Waals surface area contributed by atoms with Crippen LogP contribution in [-0.2, 0) is 0 Å². The summed E-state index contributed by atoms with van der Waals surface area (Å²) in [6.07, 6.45) is 0. The first-order chi connectivity index (χ1) is 13.6. The Labute approximate surface area is 171 Å². The average Bonchev–Trinajstić information content (AvgIpc) is 2.72. The number of benzene rings is 2. The Hall–Kier alpha value is -2.95. The second-order valence-electron chi connectivity index (χ2n) is 5.59. The molecule has 0 atom stereocenters. The predicted octanol–water partition coefficient (Wildman–Crippen LogP) is 4.14. The molecule has 0 saturated carbocycles. The molecule has 0 spiro atoms. The molecule has 0 aliphatic heterocycles. The number of aromatic nitrogens is 2. The number of nitrogens with zero attached hydrogens (tertiary/aromatic N) is 2. The molecule has 1 N–H and O–H groups in total. The van der Waals surface area contributed by atoms with Gasteiger partial charge in [0.05, 0.1) is 19.4 Å². The fourth-order valence-corrected chi connectivity index (χ4v) is 3.22. The molecular weight excluding hydrogens is 398 g/mol. The maximum Gasteiger partial charge on any atom is 0.270 e. The molecule has 6 nitrogen and oxygen atoms in total. The number of H-pyrrole nitrogens is 1. The number of thioether (sulfide) groups is 1. The lowest BCUT2D eigenvalue weighted by atomic mass is 10.1. The van der Waals surface area contributed by atoms with E-state index in [1.807, 2.05) is 30.3 Å². The number of rotatable bonds is 7. The van der Waals surface area contributed by atoms with Crippen molar-refractivity contribution in [2.45, 2.75) is 5.16 Å². The van der Waals surface area contributed by atoms with Gasteiger partial charge < -0.3 is 14.5 Å². The highest BCUT2D eigenvalue weighted by Crippen LogP contribution is 2.24. The van der Waals surface area contributed by atoms with E-state index < -0.39 is 5.56 Å². The van der Waals surface area contributed by atoms with Crippen LogP contribution in [0.3, 0.4) is 0 Å². The van der Waals surface area contributed by atoms with Crippen LogP contribution in [0.25, 0.3) is 11.3 Å². The second-order valence-corrected chi connectivity index (χ2v) is 7.11. The standard InChI is InChI=1S/C20H16ClN3O3S/c1-26-15-6-8-16(9-7-15)27-10-11-28-20-23-18(17(12-22)19(25)24-20)13-2-4-14(21)5-3-13/h2-9H,10-11H2,1H3,(H,23,24,25). The van der Waals surface area contributed by atoms with E-state index in [1.54, 1.807) is 31.4 Å². The van der Waals surface area contributed by atoms with Gasteiger partial charge in [0.25, 0.3) is 5.56 Å². The van der Waals surface area contributed by atoms with Crippen molar-refractivity contribution >= 4 is 23.4 Å². The molecule has 142 valence electrons. The minimum absolute atomic E-state index is 0.0267. The first-order valence-corrected chi connectivity index (χ1v) is 9.67. The Morgan fingerprint density at radius 3 is 2.46 bits per heavy atom. The molecule has 0 amide bonds. The Balaban J connectivity index is 1.69. The summed E-state index contributed by atoms with van der Waals surface area (Å²) in [4.78, 5) is 19.3. The van der Waals surface area contributed by atoms with Crippen molar-refractivity contribution in [3.8, 4) is 28.8 Å². The number of nitriles is 1. The van der Waals surface area contributed by atoms with Crippen molar-refractivity contribution in [2.24, 2.45) is 0 Å². The van der Waals surface area contributed by atoms with Crippen LogP contribution in [0.15, 0.2) is 58.5 Å². The van der Waals surface area contributed by atoms with E-state index in [4.69, 9.17) is 21.1 Å². The highest BCUT2D eigenvalue weighted by Gasteiger charge is 2.13. The molecule has 3 rings (SSSR count). The van der Waals surface area contributed by atoms with Crippen molar-refractivity contribution in [3.63, 3.8) is 0 Å². The lowest BCUT2D eigenvalue weighted by molar-refractivity contribution is 0.342. The predicted molar refractivity (Wildman–Crippen MR) is 109 cm³/mol. The van der Waals surface area contributed by atoms with Crippen LogP contribution in [0.2, 0.25) is 5.02 Å². The third-order valence-corrected chi connectivity index (χ3v) is 4.87. The largest absolute Gasteiger partial charge is 0.497 e. The Morgan fingerprint density at radius 1 is 1.14 bits per heavy atom. The summed E-state index contributed by atoms with van der Waals surface area (Å²) >= 11 is 7.25. The fourth-order valence-electron chi connectivity index (χ4n) is 2.41. The monoisotopic (exact) mass is 413 g/mol. The summed E-state index contributed by atoms with van der Waals surface area (Å²) in [6, 6.07) is 16.0. The van der Waals surface area contributed by atoms with Crippen molar-refractivity contribution in [2.75, 3.05) is 19.5 Å². The van der Waals surface area contributed by atoms with Crippen LogP contribution < -0.4 is 15.0 Å². The molecule has 3 aromatic rings. The van der Waals surface area contributed by atoms with E-state index in [0.717, 1.165) is 11.5 Å². The highest BCUT2D eigenvalue weighted by molar-refractivity contribution is 7.99. The molecule has 0 bridgehead atoms. The van der Waals surface area contributed by atoms with Gasteiger partial charge in [0, 0.05) is 16.3 Å². The Kier molecular flexibility index (Phi) is 6.58. The summed E-state index contributed by atoms with van der Waals surface area (Å²) < 4.78 is 10.8. The molecular formula is C20H16ClN3O3S. The molecule has 8 heteroatoms. The molecule has 0 aliphatic carbocycles. The summed E-state index contributed by atoms with van der Waals surface area (Å²) in [5.74, 6) is 2.06. The van der Waals surface area contributed by atoms with Crippen LogP contribution >= 0.6 is 23.4 Å². The maximum atomic E-state index is 12.2. The zero-order valence-corrected chi connectivity index (χ0v) is 16.5. The molecule has 0 fully saturated rings. The SMILES string of the molecule is COc1ccc(OCCSc2nc(-c3ccc(Cl)cc3)c(C#N)c(=O)[nH]2)cc1. The van der Waals surface area contributed by atoms with E-state index in [9.17, 15) is 10.1 Å². The molecule has 28 heavy (non-hydrogen) atoms.